The molecule has 5 heteroatoms. The Morgan fingerprint density at radius 3 is 2.88 bits per heavy atom. The van der Waals surface area contributed by atoms with Gasteiger partial charge in [0.2, 0.25) is 0 Å². The van der Waals surface area contributed by atoms with E-state index >= 15 is 0 Å². The van der Waals surface area contributed by atoms with E-state index in [4.69, 9.17) is 0 Å². The number of likely N-dealkylation sites (N-methyl/N-ethyl adjacent to an activating group) is 1. The lowest BCUT2D eigenvalue weighted by Crippen LogP contribution is -2.50. The van der Waals surface area contributed by atoms with Gasteiger partial charge in [-0.2, -0.15) is 0 Å². The number of fused-ring (bicyclic) bond motifs is 1. The third-order valence-corrected chi connectivity index (χ3v) is 5.43. The number of imidazole rings is 1. The van der Waals surface area contributed by atoms with E-state index in [1.807, 2.05) is 6.20 Å². The molecule has 0 spiro atoms. The number of likely N-dealkylation sites (tertiary alicyclic amines) is 1. The lowest BCUT2D eigenvalue weighted by atomic mass is 9.91. The van der Waals surface area contributed by atoms with Crippen LogP contribution in [0.25, 0.3) is 11.2 Å². The molecule has 4 rings (SSSR count). The quantitative estimate of drug-likeness (QED) is 0.795. The van der Waals surface area contributed by atoms with Crippen LogP contribution in [0.5, 0.6) is 0 Å². The minimum atomic E-state index is 0.478. The van der Waals surface area contributed by atoms with Gasteiger partial charge in [0.1, 0.15) is 5.52 Å². The molecule has 0 saturated carbocycles. The highest BCUT2D eigenvalue weighted by atomic mass is 15.2. The van der Waals surface area contributed by atoms with Crippen molar-refractivity contribution in [2.75, 3.05) is 25.0 Å². The van der Waals surface area contributed by atoms with Crippen molar-refractivity contribution in [3.63, 3.8) is 0 Å². The van der Waals surface area contributed by atoms with Crippen LogP contribution in [-0.2, 0) is 6.54 Å². The molecule has 0 bridgehead atoms. The molecule has 25 heavy (non-hydrogen) atoms. The van der Waals surface area contributed by atoms with E-state index in [0.29, 0.717) is 12.0 Å². The number of H-pyrrole nitrogens is 1. The van der Waals surface area contributed by atoms with Gasteiger partial charge in [-0.05, 0) is 30.5 Å². The molecule has 1 N–H and O–H groups in total. The third kappa shape index (κ3) is 3.24. The second-order valence-corrected chi connectivity index (χ2v) is 7.10. The number of rotatable bonds is 4. The van der Waals surface area contributed by atoms with Crippen LogP contribution in [0.4, 0.5) is 5.69 Å². The van der Waals surface area contributed by atoms with Gasteiger partial charge >= 0.3 is 0 Å². The molecular weight excluding hydrogens is 310 g/mol. The van der Waals surface area contributed by atoms with E-state index in [1.165, 1.54) is 17.7 Å². The second-order valence-electron chi connectivity index (χ2n) is 7.10. The highest BCUT2D eigenvalue weighted by Gasteiger charge is 2.30. The summed E-state index contributed by atoms with van der Waals surface area (Å²) < 4.78 is 0. The SMILES string of the molecule is C[C@@H]1CCN(Cc2ccccc2)C[C@@H]1N(C)c1ccnc2nc[nH]c12. The monoisotopic (exact) mass is 335 g/mol. The van der Waals surface area contributed by atoms with Gasteiger partial charge in [0.05, 0.1) is 12.0 Å². The molecule has 1 aliphatic heterocycles. The first-order valence-electron chi connectivity index (χ1n) is 8.99. The number of aromatic amines is 1. The molecular formula is C20H25N5. The zero-order valence-electron chi connectivity index (χ0n) is 14.9. The first-order chi connectivity index (χ1) is 12.2. The Kier molecular flexibility index (Phi) is 4.40. The van der Waals surface area contributed by atoms with Crippen LogP contribution in [0.1, 0.15) is 18.9 Å². The van der Waals surface area contributed by atoms with Crippen LogP contribution >= 0.6 is 0 Å². The zero-order valence-corrected chi connectivity index (χ0v) is 14.9. The van der Waals surface area contributed by atoms with Gasteiger partial charge in [-0.1, -0.05) is 37.3 Å². The van der Waals surface area contributed by atoms with Gasteiger partial charge in [-0.15, -0.1) is 0 Å². The van der Waals surface area contributed by atoms with Crippen molar-refractivity contribution in [3.05, 3.63) is 54.5 Å². The highest BCUT2D eigenvalue weighted by molar-refractivity contribution is 5.85. The maximum Gasteiger partial charge on any atom is 0.179 e. The van der Waals surface area contributed by atoms with Crippen LogP contribution < -0.4 is 4.90 Å². The van der Waals surface area contributed by atoms with E-state index in [-0.39, 0.29) is 0 Å². The molecule has 1 aromatic carbocycles. The summed E-state index contributed by atoms with van der Waals surface area (Å²) in [5.74, 6) is 0.656. The summed E-state index contributed by atoms with van der Waals surface area (Å²) in [5.41, 5.74) is 4.38. The second kappa shape index (κ2) is 6.84. The average molecular weight is 335 g/mol. The largest absolute Gasteiger partial charge is 0.368 e. The smallest absolute Gasteiger partial charge is 0.179 e. The molecule has 1 aliphatic rings. The maximum absolute atomic E-state index is 4.34. The topological polar surface area (TPSA) is 48.1 Å². The molecule has 3 heterocycles. The Hall–Kier alpha value is -2.40. The number of piperidine rings is 1. The van der Waals surface area contributed by atoms with Crippen molar-refractivity contribution in [1.82, 2.24) is 19.9 Å². The molecule has 0 radical (unpaired) electrons. The van der Waals surface area contributed by atoms with Crippen LogP contribution in [-0.4, -0.2) is 46.0 Å². The van der Waals surface area contributed by atoms with Gasteiger partial charge in [0.25, 0.3) is 0 Å². The summed E-state index contributed by atoms with van der Waals surface area (Å²) >= 11 is 0. The number of nitrogens with zero attached hydrogens (tertiary/aromatic N) is 4. The first-order valence-corrected chi connectivity index (χ1v) is 8.99. The molecule has 0 aliphatic carbocycles. The Morgan fingerprint density at radius 1 is 1.20 bits per heavy atom. The summed E-state index contributed by atoms with van der Waals surface area (Å²) in [7, 11) is 2.20. The number of hydrogen-bond donors (Lipinski definition) is 1. The van der Waals surface area contributed by atoms with E-state index in [1.54, 1.807) is 6.33 Å². The van der Waals surface area contributed by atoms with Crippen molar-refractivity contribution >= 4 is 16.9 Å². The third-order valence-electron chi connectivity index (χ3n) is 5.43. The van der Waals surface area contributed by atoms with E-state index in [0.717, 1.165) is 30.8 Å². The zero-order chi connectivity index (χ0) is 17.2. The lowest BCUT2D eigenvalue weighted by Gasteiger charge is -2.42. The fourth-order valence-electron chi connectivity index (χ4n) is 3.91. The van der Waals surface area contributed by atoms with Crippen molar-refractivity contribution in [3.8, 4) is 0 Å². The summed E-state index contributed by atoms with van der Waals surface area (Å²) in [5, 5.41) is 0. The number of nitrogens with one attached hydrogen (secondary N) is 1. The Labute approximate surface area is 148 Å². The molecule has 130 valence electrons. The predicted molar refractivity (Wildman–Crippen MR) is 102 cm³/mol. The molecule has 2 aromatic heterocycles. The number of aromatic nitrogens is 3. The van der Waals surface area contributed by atoms with E-state index in [2.05, 4.69) is 75.1 Å². The number of anilines is 1. The molecule has 5 nitrogen and oxygen atoms in total. The summed E-state index contributed by atoms with van der Waals surface area (Å²) in [6.07, 6.45) is 4.80. The first kappa shape index (κ1) is 16.1. The average Bonchev–Trinajstić information content (AvgIpc) is 3.12. The molecule has 0 amide bonds. The van der Waals surface area contributed by atoms with Gasteiger partial charge in [0, 0.05) is 32.4 Å². The van der Waals surface area contributed by atoms with Crippen LogP contribution in [0.3, 0.4) is 0 Å². The summed E-state index contributed by atoms with van der Waals surface area (Å²) in [6, 6.07) is 13.3. The minimum Gasteiger partial charge on any atom is -0.368 e. The standard InChI is InChI=1S/C20H25N5/c1-15-9-11-25(12-16-6-4-3-5-7-16)13-18(15)24(2)17-8-10-21-20-19(17)22-14-23-20/h3-8,10,14-15,18H,9,11-13H2,1-2H3,(H,21,22,23)/t15-,18+/m1/s1. The highest BCUT2D eigenvalue weighted by Crippen LogP contribution is 2.29. The molecule has 1 fully saturated rings. The molecule has 1 saturated heterocycles. The van der Waals surface area contributed by atoms with Crippen LogP contribution in [0.15, 0.2) is 48.9 Å². The Balaban J connectivity index is 1.54. The van der Waals surface area contributed by atoms with Crippen molar-refractivity contribution in [2.24, 2.45) is 5.92 Å². The van der Waals surface area contributed by atoms with Crippen LogP contribution in [0, 0.1) is 5.92 Å². The minimum absolute atomic E-state index is 0.478. The van der Waals surface area contributed by atoms with Crippen molar-refractivity contribution < 1.29 is 0 Å². The normalized spacial score (nSPS) is 21.5. The van der Waals surface area contributed by atoms with Gasteiger partial charge < -0.3 is 9.88 Å². The Bertz CT molecular complexity index is 828. The van der Waals surface area contributed by atoms with Gasteiger partial charge in [-0.25, -0.2) is 9.97 Å². The van der Waals surface area contributed by atoms with E-state index in [9.17, 15) is 0 Å². The predicted octanol–water partition coefficient (Wildman–Crippen LogP) is 3.30. The molecule has 3 aromatic rings. The summed E-state index contributed by atoms with van der Waals surface area (Å²) in [6.45, 7) is 5.63. The van der Waals surface area contributed by atoms with Gasteiger partial charge in [-0.3, -0.25) is 4.90 Å². The molecule has 2 atom stereocenters. The fourth-order valence-corrected chi connectivity index (χ4v) is 3.91. The number of pyridine rings is 1. The number of benzene rings is 1. The van der Waals surface area contributed by atoms with Crippen molar-refractivity contribution in [2.45, 2.75) is 25.9 Å². The lowest BCUT2D eigenvalue weighted by molar-refractivity contribution is 0.159. The molecule has 0 unspecified atom stereocenters. The fraction of sp³-hybridized carbons (Fsp3) is 0.400. The van der Waals surface area contributed by atoms with Crippen molar-refractivity contribution in [1.29, 1.82) is 0 Å². The Morgan fingerprint density at radius 2 is 2.04 bits per heavy atom. The summed E-state index contributed by atoms with van der Waals surface area (Å²) in [4.78, 5) is 16.9. The van der Waals surface area contributed by atoms with Gasteiger partial charge in [0.15, 0.2) is 5.65 Å². The van der Waals surface area contributed by atoms with Crippen LogP contribution in [0.2, 0.25) is 0 Å². The van der Waals surface area contributed by atoms with E-state index < -0.39 is 0 Å². The number of hydrogen-bond acceptors (Lipinski definition) is 4. The maximum atomic E-state index is 4.34.